The number of hydrogen-bond acceptors (Lipinski definition) is 4. The van der Waals surface area contributed by atoms with E-state index in [4.69, 9.17) is 0 Å². The maximum atomic E-state index is 9.61. The first-order valence-corrected chi connectivity index (χ1v) is 11.7. The Morgan fingerprint density at radius 3 is 1.84 bits per heavy atom. The van der Waals surface area contributed by atoms with Gasteiger partial charge in [-0.3, -0.25) is 4.57 Å². The minimum absolute atomic E-state index is 0.298. The Balaban J connectivity index is 1.38. The number of nitriles is 3. The average molecular weight is 472 g/mol. The lowest BCUT2D eigenvalue weighted by Crippen LogP contribution is -1.95. The van der Waals surface area contributed by atoms with E-state index in [1.54, 1.807) is 0 Å². The molecule has 0 atom stereocenters. The number of nitrogens with zero attached hydrogens (tertiary/aromatic N) is 5. The monoisotopic (exact) mass is 471 g/mol. The quantitative estimate of drug-likeness (QED) is 0.275. The van der Waals surface area contributed by atoms with Crippen LogP contribution in [0.5, 0.6) is 0 Å². The van der Waals surface area contributed by atoms with Crippen LogP contribution in [-0.4, -0.2) is 9.55 Å². The highest BCUT2D eigenvalue weighted by molar-refractivity contribution is 6.07. The van der Waals surface area contributed by atoms with Gasteiger partial charge in [0.1, 0.15) is 5.65 Å². The molecular formula is C32H17N5. The molecule has 0 aliphatic rings. The first-order valence-electron chi connectivity index (χ1n) is 11.7. The van der Waals surface area contributed by atoms with Gasteiger partial charge in [0.05, 0.1) is 40.4 Å². The van der Waals surface area contributed by atoms with Gasteiger partial charge in [-0.1, -0.05) is 54.6 Å². The van der Waals surface area contributed by atoms with Crippen molar-refractivity contribution in [3.63, 3.8) is 0 Å². The zero-order chi connectivity index (χ0) is 25.4. The molecule has 0 saturated heterocycles. The third kappa shape index (κ3) is 3.58. The molecule has 6 rings (SSSR count). The third-order valence-electron chi connectivity index (χ3n) is 6.57. The van der Waals surface area contributed by atoms with Crippen LogP contribution < -0.4 is 0 Å². The average Bonchev–Trinajstić information content (AvgIpc) is 3.31. The summed E-state index contributed by atoms with van der Waals surface area (Å²) in [7, 11) is 0. The lowest BCUT2D eigenvalue weighted by Gasteiger charge is -2.10. The molecule has 0 aliphatic carbocycles. The lowest BCUT2D eigenvalue weighted by molar-refractivity contribution is 1.14. The maximum Gasteiger partial charge on any atom is 0.145 e. The SMILES string of the molecule is N#Cc1cc(C#N)c(-c2ccc(-c3ccc(-n4c5ccccc5c5cccnc54)cc3)cc2)c(C#N)c1. The van der Waals surface area contributed by atoms with Gasteiger partial charge in [-0.25, -0.2) is 4.98 Å². The van der Waals surface area contributed by atoms with Crippen molar-refractivity contribution in [3.05, 3.63) is 120 Å². The van der Waals surface area contributed by atoms with Crippen LogP contribution in [0.25, 0.3) is 49.9 Å². The lowest BCUT2D eigenvalue weighted by atomic mass is 9.92. The van der Waals surface area contributed by atoms with Crippen LogP contribution in [0.4, 0.5) is 0 Å². The van der Waals surface area contributed by atoms with Gasteiger partial charge >= 0.3 is 0 Å². The number of hydrogen-bond donors (Lipinski definition) is 0. The highest BCUT2D eigenvalue weighted by Crippen LogP contribution is 2.33. The topological polar surface area (TPSA) is 89.2 Å². The zero-order valence-corrected chi connectivity index (χ0v) is 19.6. The van der Waals surface area contributed by atoms with Crippen molar-refractivity contribution in [1.82, 2.24) is 9.55 Å². The molecule has 2 aromatic heterocycles. The second-order valence-corrected chi connectivity index (χ2v) is 8.63. The van der Waals surface area contributed by atoms with E-state index < -0.39 is 0 Å². The molecule has 0 spiro atoms. The zero-order valence-electron chi connectivity index (χ0n) is 19.6. The highest BCUT2D eigenvalue weighted by atomic mass is 15.0. The fraction of sp³-hybridized carbons (Fsp3) is 0. The third-order valence-corrected chi connectivity index (χ3v) is 6.57. The molecule has 0 saturated carbocycles. The summed E-state index contributed by atoms with van der Waals surface area (Å²) in [4.78, 5) is 4.65. The summed E-state index contributed by atoms with van der Waals surface area (Å²) in [5.74, 6) is 0. The minimum atomic E-state index is 0.298. The van der Waals surface area contributed by atoms with E-state index in [0.717, 1.165) is 38.9 Å². The molecule has 0 fully saturated rings. The van der Waals surface area contributed by atoms with Crippen molar-refractivity contribution in [3.8, 4) is 46.1 Å². The van der Waals surface area contributed by atoms with Crippen LogP contribution in [0.2, 0.25) is 0 Å². The van der Waals surface area contributed by atoms with Crippen LogP contribution in [0.3, 0.4) is 0 Å². The summed E-state index contributed by atoms with van der Waals surface area (Å²) < 4.78 is 2.18. The van der Waals surface area contributed by atoms with Crippen molar-refractivity contribution >= 4 is 21.9 Å². The standard InChI is InChI=1S/C32H17N5/c33-18-21-16-25(19-34)31(26(17-21)20-35)24-9-7-22(8-10-24)23-11-13-27(14-12-23)37-30-6-2-1-4-28(30)29-5-3-15-36-32(29)37/h1-17H. The van der Waals surface area contributed by atoms with Crippen molar-refractivity contribution in [2.75, 3.05) is 0 Å². The van der Waals surface area contributed by atoms with Crippen molar-refractivity contribution in [2.24, 2.45) is 0 Å². The maximum absolute atomic E-state index is 9.61. The van der Waals surface area contributed by atoms with Gasteiger partial charge in [-0.05, 0) is 59.2 Å². The molecule has 5 nitrogen and oxygen atoms in total. The summed E-state index contributed by atoms with van der Waals surface area (Å²) in [5, 5.41) is 30.7. The summed E-state index contributed by atoms with van der Waals surface area (Å²) in [6, 6.07) is 37.8. The molecule has 5 heteroatoms. The predicted molar refractivity (Wildman–Crippen MR) is 144 cm³/mol. The van der Waals surface area contributed by atoms with Gasteiger partial charge in [0.25, 0.3) is 0 Å². The normalized spacial score (nSPS) is 10.6. The number of para-hydroxylation sites is 1. The molecule has 0 unspecified atom stereocenters. The Morgan fingerprint density at radius 2 is 1.19 bits per heavy atom. The number of aromatic nitrogens is 2. The van der Waals surface area contributed by atoms with Gasteiger partial charge in [0.15, 0.2) is 0 Å². The Labute approximate surface area is 213 Å². The molecule has 4 aromatic carbocycles. The Bertz CT molecular complexity index is 1850. The fourth-order valence-electron chi connectivity index (χ4n) is 4.88. The molecular weight excluding hydrogens is 454 g/mol. The van der Waals surface area contributed by atoms with E-state index in [0.29, 0.717) is 22.3 Å². The van der Waals surface area contributed by atoms with Gasteiger partial charge in [-0.2, -0.15) is 15.8 Å². The highest BCUT2D eigenvalue weighted by Gasteiger charge is 2.15. The molecule has 2 heterocycles. The number of pyridine rings is 1. The molecule has 0 amide bonds. The number of benzene rings is 4. The van der Waals surface area contributed by atoms with Crippen LogP contribution in [0, 0.1) is 34.0 Å². The first-order chi connectivity index (χ1) is 18.2. The molecule has 6 aromatic rings. The molecule has 0 radical (unpaired) electrons. The molecule has 0 bridgehead atoms. The van der Waals surface area contributed by atoms with Crippen LogP contribution in [0.15, 0.2) is 103 Å². The van der Waals surface area contributed by atoms with E-state index in [1.165, 1.54) is 17.5 Å². The van der Waals surface area contributed by atoms with E-state index in [-0.39, 0.29) is 0 Å². The van der Waals surface area contributed by atoms with E-state index in [9.17, 15) is 15.8 Å². The summed E-state index contributed by atoms with van der Waals surface area (Å²) in [6.45, 7) is 0. The Morgan fingerprint density at radius 1 is 0.595 bits per heavy atom. The first kappa shape index (κ1) is 21.8. The van der Waals surface area contributed by atoms with Crippen LogP contribution in [0.1, 0.15) is 16.7 Å². The summed E-state index contributed by atoms with van der Waals surface area (Å²) in [5.41, 5.74) is 7.35. The van der Waals surface area contributed by atoms with E-state index in [2.05, 4.69) is 64.2 Å². The molecule has 0 N–H and O–H groups in total. The molecule has 170 valence electrons. The van der Waals surface area contributed by atoms with Gasteiger partial charge in [0, 0.05) is 28.2 Å². The Kier molecular flexibility index (Phi) is 5.20. The smallest absolute Gasteiger partial charge is 0.145 e. The fourth-order valence-corrected chi connectivity index (χ4v) is 4.88. The van der Waals surface area contributed by atoms with Gasteiger partial charge in [-0.15, -0.1) is 0 Å². The van der Waals surface area contributed by atoms with Crippen LogP contribution in [-0.2, 0) is 0 Å². The molecule has 0 aliphatic heterocycles. The van der Waals surface area contributed by atoms with Crippen molar-refractivity contribution in [2.45, 2.75) is 0 Å². The van der Waals surface area contributed by atoms with E-state index in [1.807, 2.05) is 54.7 Å². The summed E-state index contributed by atoms with van der Waals surface area (Å²) >= 11 is 0. The second kappa shape index (κ2) is 8.82. The van der Waals surface area contributed by atoms with Gasteiger partial charge in [0.2, 0.25) is 0 Å². The molecule has 37 heavy (non-hydrogen) atoms. The van der Waals surface area contributed by atoms with Crippen molar-refractivity contribution in [1.29, 1.82) is 15.8 Å². The van der Waals surface area contributed by atoms with E-state index >= 15 is 0 Å². The number of fused-ring (bicyclic) bond motifs is 3. The van der Waals surface area contributed by atoms with Crippen LogP contribution >= 0.6 is 0 Å². The number of rotatable bonds is 3. The predicted octanol–water partition coefficient (Wildman–Crippen LogP) is 7.13. The summed E-state index contributed by atoms with van der Waals surface area (Å²) in [6.07, 6.45) is 1.82. The van der Waals surface area contributed by atoms with Crippen molar-refractivity contribution < 1.29 is 0 Å². The Hall–Kier alpha value is -5.70. The minimum Gasteiger partial charge on any atom is -0.294 e. The van der Waals surface area contributed by atoms with Gasteiger partial charge < -0.3 is 0 Å². The largest absolute Gasteiger partial charge is 0.294 e. The second-order valence-electron chi connectivity index (χ2n) is 8.63.